The smallest absolute Gasteiger partial charge is 0.283 e. The van der Waals surface area contributed by atoms with Gasteiger partial charge >= 0.3 is 0 Å². The molecule has 0 aliphatic carbocycles. The van der Waals surface area contributed by atoms with Crippen molar-refractivity contribution >= 4 is 12.0 Å². The van der Waals surface area contributed by atoms with E-state index in [1.807, 2.05) is 6.92 Å². The van der Waals surface area contributed by atoms with E-state index in [1.54, 1.807) is 44.7 Å². The molecule has 0 saturated carbocycles. The lowest BCUT2D eigenvalue weighted by Crippen LogP contribution is -1.98. The summed E-state index contributed by atoms with van der Waals surface area (Å²) in [5, 5.41) is 10.6. The molecule has 0 radical (unpaired) electrons. The van der Waals surface area contributed by atoms with Crippen molar-refractivity contribution in [3.8, 4) is 11.6 Å². The average molecular weight is 318 g/mol. The van der Waals surface area contributed by atoms with Crippen LogP contribution in [0.5, 0.6) is 11.6 Å². The molecule has 7 nitrogen and oxygen atoms in total. The highest BCUT2D eigenvalue weighted by atomic mass is 16.6. The molecule has 0 unspecified atom stereocenters. The lowest BCUT2D eigenvalue weighted by Gasteiger charge is -2.00. The Labute approximate surface area is 134 Å². The molecule has 7 heteroatoms. The highest BCUT2D eigenvalue weighted by Crippen LogP contribution is 2.22. The van der Waals surface area contributed by atoms with Crippen LogP contribution in [0.25, 0.3) is 0 Å². The third-order valence-electron chi connectivity index (χ3n) is 2.99. The van der Waals surface area contributed by atoms with Crippen LogP contribution in [0.2, 0.25) is 0 Å². The Bertz CT molecular complexity index is 654. The summed E-state index contributed by atoms with van der Waals surface area (Å²) in [6.07, 6.45) is 2.70. The van der Waals surface area contributed by atoms with Gasteiger partial charge in [-0.2, -0.15) is 0 Å². The van der Waals surface area contributed by atoms with Crippen molar-refractivity contribution < 1.29 is 19.2 Å². The summed E-state index contributed by atoms with van der Waals surface area (Å²) in [4.78, 5) is 24.5. The highest BCUT2D eigenvalue weighted by molar-refractivity contribution is 5.82. The molecule has 2 rings (SSSR count). The Balaban J connectivity index is 0.000000238. The lowest BCUT2D eigenvalue weighted by atomic mass is 10.1. The molecule has 0 bridgehead atoms. The van der Waals surface area contributed by atoms with E-state index in [-0.39, 0.29) is 11.3 Å². The van der Waals surface area contributed by atoms with Crippen molar-refractivity contribution in [2.24, 2.45) is 0 Å². The normalized spacial score (nSPS) is 9.35. The number of ether oxygens (including phenoxy) is 2. The number of rotatable bonds is 5. The zero-order valence-corrected chi connectivity index (χ0v) is 13.2. The minimum atomic E-state index is -0.511. The molecule has 0 amide bonds. The summed E-state index contributed by atoms with van der Waals surface area (Å²) < 4.78 is 9.80. The van der Waals surface area contributed by atoms with Gasteiger partial charge in [0.25, 0.3) is 5.69 Å². The molecule has 122 valence electrons. The molecular weight excluding hydrogens is 300 g/mol. The number of hydrogen-bond donors (Lipinski definition) is 0. The predicted octanol–water partition coefficient (Wildman–Crippen LogP) is 3.07. The van der Waals surface area contributed by atoms with Crippen LogP contribution >= 0.6 is 0 Å². The maximum absolute atomic E-state index is 10.6. The maximum Gasteiger partial charge on any atom is 0.283 e. The molecule has 0 saturated heterocycles. The lowest BCUT2D eigenvalue weighted by molar-refractivity contribution is -0.385. The Hall–Kier alpha value is -2.96. The molecule has 23 heavy (non-hydrogen) atoms. The minimum Gasteiger partial charge on any atom is -0.497 e. The fourth-order valence-corrected chi connectivity index (χ4v) is 1.84. The van der Waals surface area contributed by atoms with Crippen LogP contribution in [-0.4, -0.2) is 30.4 Å². The molecule has 0 atom stereocenters. The summed E-state index contributed by atoms with van der Waals surface area (Å²) >= 11 is 0. The van der Waals surface area contributed by atoms with E-state index in [0.29, 0.717) is 24.2 Å². The van der Waals surface area contributed by atoms with Gasteiger partial charge in [-0.3, -0.25) is 14.9 Å². The average Bonchev–Trinajstić information content (AvgIpc) is 2.61. The Morgan fingerprint density at radius 2 is 2.00 bits per heavy atom. The van der Waals surface area contributed by atoms with Gasteiger partial charge in [0.05, 0.1) is 24.7 Å². The van der Waals surface area contributed by atoms with Crippen molar-refractivity contribution in [1.82, 2.24) is 4.98 Å². The van der Waals surface area contributed by atoms with Crippen LogP contribution in [0.15, 0.2) is 36.5 Å². The van der Waals surface area contributed by atoms with Crippen LogP contribution < -0.4 is 9.47 Å². The van der Waals surface area contributed by atoms with Gasteiger partial charge in [0.15, 0.2) is 6.29 Å². The first kappa shape index (κ1) is 18.1. The van der Waals surface area contributed by atoms with E-state index >= 15 is 0 Å². The van der Waals surface area contributed by atoms with Crippen LogP contribution in [0.3, 0.4) is 0 Å². The SMILES string of the molecule is CCc1cccc(C=O)c1[N+](=O)[O-].COc1ccnc(OC)c1. The van der Waals surface area contributed by atoms with E-state index in [4.69, 9.17) is 9.47 Å². The second-order valence-electron chi connectivity index (χ2n) is 4.32. The number of hydrogen-bond acceptors (Lipinski definition) is 6. The number of para-hydroxylation sites is 1. The number of carbonyl (C=O) groups is 1. The number of nitrogens with zero attached hydrogens (tertiary/aromatic N) is 2. The monoisotopic (exact) mass is 318 g/mol. The molecule has 0 fully saturated rings. The number of benzene rings is 1. The highest BCUT2D eigenvalue weighted by Gasteiger charge is 2.16. The predicted molar refractivity (Wildman–Crippen MR) is 85.2 cm³/mol. The zero-order chi connectivity index (χ0) is 17.2. The number of nitro benzene ring substituents is 1. The van der Waals surface area contributed by atoms with Crippen molar-refractivity contribution in [2.45, 2.75) is 13.3 Å². The van der Waals surface area contributed by atoms with Crippen molar-refractivity contribution in [3.05, 3.63) is 57.8 Å². The van der Waals surface area contributed by atoms with Gasteiger partial charge in [-0.05, 0) is 18.6 Å². The number of aryl methyl sites for hydroxylation is 1. The van der Waals surface area contributed by atoms with Crippen LogP contribution in [0.4, 0.5) is 5.69 Å². The van der Waals surface area contributed by atoms with Gasteiger partial charge in [0, 0.05) is 17.8 Å². The molecule has 2 aromatic rings. The second kappa shape index (κ2) is 9.14. The number of carbonyl (C=O) groups excluding carboxylic acids is 1. The first-order chi connectivity index (χ1) is 11.1. The zero-order valence-electron chi connectivity index (χ0n) is 13.2. The third-order valence-corrected chi connectivity index (χ3v) is 2.99. The topological polar surface area (TPSA) is 91.6 Å². The summed E-state index contributed by atoms with van der Waals surface area (Å²) in [6.45, 7) is 1.82. The summed E-state index contributed by atoms with van der Waals surface area (Å²) in [7, 11) is 3.18. The van der Waals surface area contributed by atoms with Crippen LogP contribution in [-0.2, 0) is 6.42 Å². The number of aldehydes is 1. The molecule has 1 aromatic carbocycles. The molecule has 0 aliphatic rings. The van der Waals surface area contributed by atoms with E-state index in [2.05, 4.69) is 4.98 Å². The van der Waals surface area contributed by atoms with Gasteiger partial charge in [-0.15, -0.1) is 0 Å². The number of aromatic nitrogens is 1. The van der Waals surface area contributed by atoms with Crippen molar-refractivity contribution in [3.63, 3.8) is 0 Å². The molecule has 0 aliphatic heterocycles. The molecule has 1 aromatic heterocycles. The Kier molecular flexibility index (Phi) is 7.19. The Morgan fingerprint density at radius 3 is 2.52 bits per heavy atom. The van der Waals surface area contributed by atoms with Crippen LogP contribution in [0.1, 0.15) is 22.8 Å². The quantitative estimate of drug-likeness (QED) is 0.478. The van der Waals surface area contributed by atoms with Gasteiger partial charge < -0.3 is 9.47 Å². The van der Waals surface area contributed by atoms with Gasteiger partial charge in [-0.1, -0.05) is 19.1 Å². The van der Waals surface area contributed by atoms with Gasteiger partial charge in [0.2, 0.25) is 5.88 Å². The van der Waals surface area contributed by atoms with E-state index in [1.165, 1.54) is 6.07 Å². The molecular formula is C16H18N2O5. The van der Waals surface area contributed by atoms with Crippen molar-refractivity contribution in [1.29, 1.82) is 0 Å². The number of methoxy groups -OCH3 is 2. The van der Waals surface area contributed by atoms with E-state index in [0.717, 1.165) is 5.75 Å². The maximum atomic E-state index is 10.6. The molecule has 0 N–H and O–H groups in total. The summed E-state index contributed by atoms with van der Waals surface area (Å²) in [5.74, 6) is 1.33. The summed E-state index contributed by atoms with van der Waals surface area (Å²) in [6, 6.07) is 8.24. The number of pyridine rings is 1. The van der Waals surface area contributed by atoms with E-state index < -0.39 is 4.92 Å². The fourth-order valence-electron chi connectivity index (χ4n) is 1.84. The van der Waals surface area contributed by atoms with Gasteiger partial charge in [-0.25, -0.2) is 4.98 Å². The first-order valence-electron chi connectivity index (χ1n) is 6.82. The van der Waals surface area contributed by atoms with Crippen LogP contribution in [0, 0.1) is 10.1 Å². The molecule has 1 heterocycles. The minimum absolute atomic E-state index is 0.0694. The third kappa shape index (κ3) is 5.06. The second-order valence-corrected chi connectivity index (χ2v) is 4.32. The van der Waals surface area contributed by atoms with Gasteiger partial charge in [0.1, 0.15) is 5.75 Å². The standard InChI is InChI=1S/C9H9NO3.C7H9NO2/c1-2-7-4-3-5-8(6-11)9(7)10(12)13;1-9-6-3-4-8-7(5-6)10-2/h3-6H,2H2,1H3;3-5H,1-2H3. The fraction of sp³-hybridized carbons (Fsp3) is 0.250. The summed E-state index contributed by atoms with van der Waals surface area (Å²) in [5.41, 5.74) is 0.666. The number of nitro groups is 1. The Morgan fingerprint density at radius 1 is 1.26 bits per heavy atom. The van der Waals surface area contributed by atoms with Crippen molar-refractivity contribution in [2.75, 3.05) is 14.2 Å². The van der Waals surface area contributed by atoms with E-state index in [9.17, 15) is 14.9 Å². The largest absolute Gasteiger partial charge is 0.497 e. The molecule has 0 spiro atoms. The first-order valence-corrected chi connectivity index (χ1v) is 6.82.